The van der Waals surface area contributed by atoms with Gasteiger partial charge >= 0.3 is 5.97 Å². The SMILES string of the molecule is CCOC(=O)C1=CNCNC1OCC. The van der Waals surface area contributed by atoms with E-state index in [9.17, 15) is 4.79 Å². The molecule has 1 rings (SSSR count). The summed E-state index contributed by atoms with van der Waals surface area (Å²) < 4.78 is 10.2. The molecule has 0 spiro atoms. The standard InChI is InChI=1S/C9H16N2O3/c1-3-13-8-7(5-10-6-11-8)9(12)14-4-2/h5,8,10-11H,3-4,6H2,1-2H3. The van der Waals surface area contributed by atoms with Gasteiger partial charge in [-0.3, -0.25) is 5.32 Å². The van der Waals surface area contributed by atoms with Gasteiger partial charge in [-0.1, -0.05) is 0 Å². The van der Waals surface area contributed by atoms with E-state index in [2.05, 4.69) is 10.6 Å². The van der Waals surface area contributed by atoms with Crippen molar-refractivity contribution in [2.45, 2.75) is 20.1 Å². The summed E-state index contributed by atoms with van der Waals surface area (Å²) in [4.78, 5) is 11.4. The molecule has 0 bridgehead atoms. The predicted molar refractivity (Wildman–Crippen MR) is 51.3 cm³/mol. The van der Waals surface area contributed by atoms with Crippen LogP contribution in [0.1, 0.15) is 13.8 Å². The van der Waals surface area contributed by atoms with Crippen LogP contribution in [0.25, 0.3) is 0 Å². The lowest BCUT2D eigenvalue weighted by Gasteiger charge is -2.24. The van der Waals surface area contributed by atoms with Gasteiger partial charge in [0.15, 0.2) is 0 Å². The molecule has 80 valence electrons. The smallest absolute Gasteiger partial charge is 0.339 e. The zero-order valence-electron chi connectivity index (χ0n) is 8.50. The van der Waals surface area contributed by atoms with Crippen LogP contribution in [-0.2, 0) is 14.3 Å². The van der Waals surface area contributed by atoms with Gasteiger partial charge in [0.05, 0.1) is 18.8 Å². The molecule has 1 heterocycles. The Balaban J connectivity index is 2.61. The normalized spacial score (nSPS) is 21.0. The fourth-order valence-corrected chi connectivity index (χ4v) is 1.19. The summed E-state index contributed by atoms with van der Waals surface area (Å²) in [5.74, 6) is -0.342. The summed E-state index contributed by atoms with van der Waals surface area (Å²) in [7, 11) is 0. The number of carbonyl (C=O) groups is 1. The maximum Gasteiger partial charge on any atom is 0.339 e. The lowest BCUT2D eigenvalue weighted by molar-refractivity contribution is -0.140. The average molecular weight is 200 g/mol. The van der Waals surface area contributed by atoms with Crippen LogP contribution in [0.4, 0.5) is 0 Å². The van der Waals surface area contributed by atoms with Gasteiger partial charge in [0.25, 0.3) is 0 Å². The molecule has 0 aromatic rings. The van der Waals surface area contributed by atoms with Crippen molar-refractivity contribution in [3.8, 4) is 0 Å². The molecule has 0 amide bonds. The number of rotatable bonds is 4. The Kier molecular flexibility index (Phi) is 4.42. The molecule has 0 aromatic heterocycles. The average Bonchev–Trinajstić information content (AvgIpc) is 2.19. The second-order valence-corrected chi connectivity index (χ2v) is 2.74. The van der Waals surface area contributed by atoms with Crippen molar-refractivity contribution in [3.05, 3.63) is 11.8 Å². The van der Waals surface area contributed by atoms with Gasteiger partial charge in [0.2, 0.25) is 0 Å². The molecule has 0 fully saturated rings. The summed E-state index contributed by atoms with van der Waals surface area (Å²) in [6.07, 6.45) is 1.27. The van der Waals surface area contributed by atoms with Crippen molar-refractivity contribution >= 4 is 5.97 Å². The van der Waals surface area contributed by atoms with Crippen LogP contribution in [0.5, 0.6) is 0 Å². The van der Waals surface area contributed by atoms with E-state index in [4.69, 9.17) is 9.47 Å². The van der Waals surface area contributed by atoms with Gasteiger partial charge in [-0.25, -0.2) is 4.79 Å². The highest BCUT2D eigenvalue weighted by Gasteiger charge is 2.24. The minimum Gasteiger partial charge on any atom is -0.462 e. The molecule has 5 nitrogen and oxygen atoms in total. The maximum absolute atomic E-state index is 11.4. The monoisotopic (exact) mass is 200 g/mol. The highest BCUT2D eigenvalue weighted by molar-refractivity contribution is 5.89. The second-order valence-electron chi connectivity index (χ2n) is 2.74. The molecule has 0 saturated carbocycles. The van der Waals surface area contributed by atoms with E-state index in [0.717, 1.165) is 0 Å². The van der Waals surface area contributed by atoms with Crippen LogP contribution >= 0.6 is 0 Å². The Labute approximate surface area is 83.5 Å². The molecule has 5 heteroatoms. The fraction of sp³-hybridized carbons (Fsp3) is 0.667. The Morgan fingerprint density at radius 3 is 3.00 bits per heavy atom. The predicted octanol–water partition coefficient (Wildman–Crippen LogP) is -0.0537. The maximum atomic E-state index is 11.4. The van der Waals surface area contributed by atoms with Gasteiger partial charge < -0.3 is 14.8 Å². The van der Waals surface area contributed by atoms with Gasteiger partial charge in [-0.2, -0.15) is 0 Å². The lowest BCUT2D eigenvalue weighted by Crippen LogP contribution is -2.45. The Hall–Kier alpha value is -1.07. The summed E-state index contributed by atoms with van der Waals surface area (Å²) in [6, 6.07) is 0. The second kappa shape index (κ2) is 5.62. The van der Waals surface area contributed by atoms with Crippen molar-refractivity contribution in [1.29, 1.82) is 0 Å². The first-order chi connectivity index (χ1) is 6.79. The van der Waals surface area contributed by atoms with Gasteiger partial charge in [-0.15, -0.1) is 0 Å². The molecular weight excluding hydrogens is 184 g/mol. The van der Waals surface area contributed by atoms with Gasteiger partial charge in [0, 0.05) is 12.8 Å². The summed E-state index contributed by atoms with van der Waals surface area (Å²) in [6.45, 7) is 5.17. The fourth-order valence-electron chi connectivity index (χ4n) is 1.19. The van der Waals surface area contributed by atoms with Crippen molar-refractivity contribution in [3.63, 3.8) is 0 Å². The zero-order valence-corrected chi connectivity index (χ0v) is 8.50. The molecular formula is C9H16N2O3. The third kappa shape index (κ3) is 2.71. The highest BCUT2D eigenvalue weighted by Crippen LogP contribution is 2.08. The molecule has 1 aliphatic heterocycles. The minimum atomic E-state index is -0.361. The van der Waals surface area contributed by atoms with E-state index in [1.54, 1.807) is 13.1 Å². The van der Waals surface area contributed by atoms with E-state index in [1.807, 2.05) is 6.92 Å². The molecule has 0 aromatic carbocycles. The first kappa shape index (κ1) is 11.0. The lowest BCUT2D eigenvalue weighted by atomic mass is 10.2. The molecule has 14 heavy (non-hydrogen) atoms. The Bertz CT molecular complexity index is 228. The number of nitrogens with one attached hydrogen (secondary N) is 2. The molecule has 1 unspecified atom stereocenters. The third-order valence-corrected chi connectivity index (χ3v) is 1.77. The number of hydrogen-bond acceptors (Lipinski definition) is 5. The van der Waals surface area contributed by atoms with Crippen LogP contribution in [0, 0.1) is 0 Å². The van der Waals surface area contributed by atoms with Crippen LogP contribution in [0.2, 0.25) is 0 Å². The van der Waals surface area contributed by atoms with E-state index in [1.165, 1.54) is 0 Å². The molecule has 0 radical (unpaired) electrons. The van der Waals surface area contributed by atoms with Gasteiger partial charge in [-0.05, 0) is 13.8 Å². The molecule has 1 aliphatic rings. The Morgan fingerprint density at radius 1 is 1.57 bits per heavy atom. The molecule has 1 atom stereocenters. The molecule has 2 N–H and O–H groups in total. The number of hydrogen-bond donors (Lipinski definition) is 2. The van der Waals surface area contributed by atoms with Crippen LogP contribution < -0.4 is 10.6 Å². The topological polar surface area (TPSA) is 59.6 Å². The van der Waals surface area contributed by atoms with E-state index in [0.29, 0.717) is 25.5 Å². The summed E-state index contributed by atoms with van der Waals surface area (Å²) in [5.41, 5.74) is 0.486. The van der Waals surface area contributed by atoms with Crippen LogP contribution in [-0.4, -0.2) is 32.1 Å². The van der Waals surface area contributed by atoms with Crippen LogP contribution in [0.15, 0.2) is 11.8 Å². The number of carbonyl (C=O) groups excluding carboxylic acids is 1. The van der Waals surface area contributed by atoms with Crippen LogP contribution in [0.3, 0.4) is 0 Å². The number of esters is 1. The number of ether oxygens (including phenoxy) is 2. The van der Waals surface area contributed by atoms with Gasteiger partial charge in [0.1, 0.15) is 6.23 Å². The first-order valence-electron chi connectivity index (χ1n) is 4.75. The molecule has 0 saturated heterocycles. The van der Waals surface area contributed by atoms with E-state index < -0.39 is 0 Å². The van der Waals surface area contributed by atoms with Crippen molar-refractivity contribution in [1.82, 2.24) is 10.6 Å². The Morgan fingerprint density at radius 2 is 2.36 bits per heavy atom. The highest BCUT2D eigenvalue weighted by atomic mass is 16.5. The minimum absolute atomic E-state index is 0.342. The summed E-state index contributed by atoms with van der Waals surface area (Å²) >= 11 is 0. The zero-order chi connectivity index (χ0) is 10.4. The quantitative estimate of drug-likeness (QED) is 0.623. The van der Waals surface area contributed by atoms with E-state index in [-0.39, 0.29) is 12.2 Å². The van der Waals surface area contributed by atoms with Crippen molar-refractivity contribution in [2.24, 2.45) is 0 Å². The third-order valence-electron chi connectivity index (χ3n) is 1.77. The largest absolute Gasteiger partial charge is 0.462 e. The van der Waals surface area contributed by atoms with Crippen molar-refractivity contribution in [2.75, 3.05) is 19.9 Å². The van der Waals surface area contributed by atoms with Crippen molar-refractivity contribution < 1.29 is 14.3 Å². The first-order valence-corrected chi connectivity index (χ1v) is 4.75. The van der Waals surface area contributed by atoms with E-state index >= 15 is 0 Å². The molecule has 0 aliphatic carbocycles. The summed E-state index contributed by atoms with van der Waals surface area (Å²) in [5, 5.41) is 5.92.